The molecule has 1 heterocycles. The molecule has 0 saturated carbocycles. The third kappa shape index (κ3) is 5.28. The molecule has 0 atom stereocenters. The number of nitrogens with zero attached hydrogens (tertiary/aromatic N) is 2. The van der Waals surface area contributed by atoms with E-state index in [0.717, 1.165) is 14.9 Å². The molecule has 1 aromatic carbocycles. The van der Waals surface area contributed by atoms with Crippen LogP contribution in [0.5, 0.6) is 0 Å². The average Bonchev–Trinajstić information content (AvgIpc) is 2.92. The molecule has 7 nitrogen and oxygen atoms in total. The van der Waals surface area contributed by atoms with Crippen LogP contribution in [-0.2, 0) is 21.3 Å². The van der Waals surface area contributed by atoms with Crippen LogP contribution >= 0.6 is 0 Å². The van der Waals surface area contributed by atoms with Crippen molar-refractivity contribution < 1.29 is 35.9 Å². The third-order valence-electron chi connectivity index (χ3n) is 4.39. The molecule has 2 rings (SSSR count). The van der Waals surface area contributed by atoms with Gasteiger partial charge in [0.15, 0.2) is 6.61 Å². The number of Topliss-reactive ketones (excluding diaryl/α,β-unsaturated/α-hetero) is 1. The van der Waals surface area contributed by atoms with Crippen LogP contribution in [0.25, 0.3) is 0 Å². The summed E-state index contributed by atoms with van der Waals surface area (Å²) in [7, 11) is -1.08. The van der Waals surface area contributed by atoms with Crippen molar-refractivity contribution in [2.24, 2.45) is 0 Å². The molecule has 0 N–H and O–H groups in total. The first-order valence-electron chi connectivity index (χ1n) is 8.70. The van der Waals surface area contributed by atoms with Gasteiger partial charge in [-0.15, -0.1) is 0 Å². The fraction of sp³-hybridized carbons (Fsp3) is 0.368. The largest absolute Gasteiger partial charge is 0.454 e. The van der Waals surface area contributed by atoms with Gasteiger partial charge in [-0.3, -0.25) is 4.79 Å². The topological polar surface area (TPSA) is 85.7 Å². The Hall–Kier alpha value is -2.66. The van der Waals surface area contributed by atoms with Crippen molar-refractivity contribution in [1.82, 2.24) is 8.87 Å². The second-order valence-electron chi connectivity index (χ2n) is 6.80. The lowest BCUT2D eigenvalue weighted by Crippen LogP contribution is -2.22. The molecule has 0 aliphatic carbocycles. The van der Waals surface area contributed by atoms with Gasteiger partial charge in [-0.1, -0.05) is 6.07 Å². The number of hydrogen-bond acceptors (Lipinski definition) is 5. The van der Waals surface area contributed by atoms with E-state index in [9.17, 15) is 31.2 Å². The number of benzene rings is 1. The van der Waals surface area contributed by atoms with E-state index in [-0.39, 0.29) is 27.4 Å². The zero-order valence-electron chi connectivity index (χ0n) is 16.8. The molecule has 0 radical (unpaired) electrons. The molecule has 0 bridgehead atoms. The molecule has 30 heavy (non-hydrogen) atoms. The fourth-order valence-electron chi connectivity index (χ4n) is 2.79. The smallest absolute Gasteiger partial charge is 0.406 e. The second-order valence-corrected chi connectivity index (χ2v) is 8.95. The van der Waals surface area contributed by atoms with Gasteiger partial charge in [-0.25, -0.2) is 17.5 Å². The van der Waals surface area contributed by atoms with Crippen molar-refractivity contribution in [3.05, 3.63) is 52.8 Å². The lowest BCUT2D eigenvalue weighted by Gasteiger charge is -2.12. The zero-order chi connectivity index (χ0) is 22.9. The standard InChI is InChI=1S/C19H21F3N2O5S/c1-12-8-16(13(2)24(12)11-19(20,21)22)17(25)10-29-18(26)14-6-5-7-15(9-14)30(27,28)23(3)4/h5-9H,10-11H2,1-4H3. The lowest BCUT2D eigenvalue weighted by molar-refractivity contribution is -0.141. The highest BCUT2D eigenvalue weighted by molar-refractivity contribution is 7.89. The summed E-state index contributed by atoms with van der Waals surface area (Å²) < 4.78 is 69.3. The van der Waals surface area contributed by atoms with Crippen LogP contribution in [-0.4, -0.2) is 55.9 Å². The molecular formula is C19H21F3N2O5S. The average molecular weight is 446 g/mol. The molecule has 0 amide bonds. The SMILES string of the molecule is Cc1cc(C(=O)COC(=O)c2cccc(S(=O)(=O)N(C)C)c2)c(C)n1CC(F)(F)F. The minimum absolute atomic E-state index is 0.0217. The van der Waals surface area contributed by atoms with Crippen LogP contribution in [0.3, 0.4) is 0 Å². The van der Waals surface area contributed by atoms with Gasteiger partial charge >= 0.3 is 12.1 Å². The van der Waals surface area contributed by atoms with Crippen LogP contribution < -0.4 is 0 Å². The highest BCUT2D eigenvalue weighted by atomic mass is 32.2. The number of sulfonamides is 1. The molecule has 164 valence electrons. The Morgan fingerprint density at radius 2 is 1.77 bits per heavy atom. The number of ether oxygens (including phenoxy) is 1. The van der Waals surface area contributed by atoms with Gasteiger partial charge < -0.3 is 9.30 Å². The summed E-state index contributed by atoms with van der Waals surface area (Å²) in [5.41, 5.74) is 0.313. The van der Waals surface area contributed by atoms with Crippen molar-refractivity contribution in [1.29, 1.82) is 0 Å². The summed E-state index contributed by atoms with van der Waals surface area (Å²) >= 11 is 0. The number of carbonyl (C=O) groups is 2. The van der Waals surface area contributed by atoms with E-state index in [0.29, 0.717) is 0 Å². The molecule has 1 aromatic heterocycles. The first-order chi connectivity index (χ1) is 13.7. The van der Waals surface area contributed by atoms with Crippen molar-refractivity contribution in [3.63, 3.8) is 0 Å². The summed E-state index contributed by atoms with van der Waals surface area (Å²) in [6, 6.07) is 6.43. The van der Waals surface area contributed by atoms with Gasteiger partial charge in [-0.05, 0) is 38.1 Å². The summed E-state index contributed by atoms with van der Waals surface area (Å²) in [6.45, 7) is 0.895. The Bertz CT molecular complexity index is 1070. The van der Waals surface area contributed by atoms with E-state index < -0.39 is 41.1 Å². The summed E-state index contributed by atoms with van der Waals surface area (Å²) in [5, 5.41) is 0. The van der Waals surface area contributed by atoms with Crippen LogP contribution in [0.1, 0.15) is 32.1 Å². The molecule has 0 aliphatic heterocycles. The monoisotopic (exact) mass is 446 g/mol. The maximum atomic E-state index is 12.7. The lowest BCUT2D eigenvalue weighted by atomic mass is 10.1. The van der Waals surface area contributed by atoms with Gasteiger partial charge in [-0.2, -0.15) is 13.2 Å². The quantitative estimate of drug-likeness (QED) is 0.482. The van der Waals surface area contributed by atoms with Crippen LogP contribution in [0.4, 0.5) is 13.2 Å². The first-order valence-corrected chi connectivity index (χ1v) is 10.1. The molecule has 2 aromatic rings. The van der Waals surface area contributed by atoms with Gasteiger partial charge in [0, 0.05) is 31.0 Å². The van der Waals surface area contributed by atoms with Crippen LogP contribution in [0.15, 0.2) is 35.2 Å². The molecular weight excluding hydrogens is 425 g/mol. The Labute approximate surface area is 172 Å². The molecule has 0 aliphatic rings. The first kappa shape index (κ1) is 23.6. The summed E-state index contributed by atoms with van der Waals surface area (Å²) in [6.07, 6.45) is -4.45. The number of alkyl halides is 3. The Morgan fingerprint density at radius 3 is 2.33 bits per heavy atom. The number of hydrogen-bond donors (Lipinski definition) is 0. The maximum Gasteiger partial charge on any atom is 0.406 e. The fourth-order valence-corrected chi connectivity index (χ4v) is 3.74. The summed E-state index contributed by atoms with van der Waals surface area (Å²) in [5.74, 6) is -1.59. The molecule has 0 spiro atoms. The van der Waals surface area contributed by atoms with E-state index in [1.807, 2.05) is 0 Å². The van der Waals surface area contributed by atoms with E-state index in [2.05, 4.69) is 0 Å². The molecule has 11 heteroatoms. The number of aromatic nitrogens is 1. The van der Waals surface area contributed by atoms with Crippen LogP contribution in [0, 0.1) is 13.8 Å². The predicted molar refractivity (Wildman–Crippen MR) is 102 cm³/mol. The highest BCUT2D eigenvalue weighted by Gasteiger charge is 2.30. The highest BCUT2D eigenvalue weighted by Crippen LogP contribution is 2.23. The molecule has 0 unspecified atom stereocenters. The maximum absolute atomic E-state index is 12.7. The van der Waals surface area contributed by atoms with Crippen LogP contribution in [0.2, 0.25) is 0 Å². The minimum atomic E-state index is -4.45. The molecule has 0 fully saturated rings. The summed E-state index contributed by atoms with van der Waals surface area (Å²) in [4.78, 5) is 24.5. The Balaban J connectivity index is 2.14. The predicted octanol–water partition coefficient (Wildman–Crippen LogP) is 2.96. The van der Waals surface area contributed by atoms with Crippen molar-refractivity contribution in [3.8, 4) is 0 Å². The van der Waals surface area contributed by atoms with E-state index in [1.54, 1.807) is 0 Å². The minimum Gasteiger partial charge on any atom is -0.454 e. The van der Waals surface area contributed by atoms with Gasteiger partial charge in [0.1, 0.15) is 6.54 Å². The van der Waals surface area contributed by atoms with Gasteiger partial charge in [0.2, 0.25) is 15.8 Å². The second kappa shape index (κ2) is 8.60. The van der Waals surface area contributed by atoms with Crippen molar-refractivity contribution in [2.45, 2.75) is 31.5 Å². The van der Waals surface area contributed by atoms with Gasteiger partial charge in [0.05, 0.1) is 10.5 Å². The Morgan fingerprint density at radius 1 is 1.13 bits per heavy atom. The normalized spacial score (nSPS) is 12.3. The Kier molecular flexibility index (Phi) is 6.77. The third-order valence-corrected chi connectivity index (χ3v) is 6.21. The number of rotatable bonds is 7. The number of esters is 1. The van der Waals surface area contributed by atoms with Crippen molar-refractivity contribution >= 4 is 21.8 Å². The molecule has 0 saturated heterocycles. The van der Waals surface area contributed by atoms with E-state index in [1.165, 1.54) is 52.2 Å². The zero-order valence-corrected chi connectivity index (χ0v) is 17.6. The number of ketones is 1. The number of carbonyl (C=O) groups excluding carboxylic acids is 2. The van der Waals surface area contributed by atoms with Gasteiger partial charge in [0.25, 0.3) is 0 Å². The van der Waals surface area contributed by atoms with E-state index >= 15 is 0 Å². The number of halogens is 3. The van der Waals surface area contributed by atoms with Crippen molar-refractivity contribution in [2.75, 3.05) is 20.7 Å². The number of aryl methyl sites for hydroxylation is 1. The van der Waals surface area contributed by atoms with E-state index in [4.69, 9.17) is 4.74 Å².